The zero-order valence-electron chi connectivity index (χ0n) is 18.5. The van der Waals surface area contributed by atoms with Crippen LogP contribution < -0.4 is 10.1 Å². The summed E-state index contributed by atoms with van der Waals surface area (Å²) >= 11 is 0. The number of nitrogens with zero attached hydrogens (tertiary/aromatic N) is 2. The molecule has 0 radical (unpaired) electrons. The van der Waals surface area contributed by atoms with E-state index in [1.165, 1.54) is 4.90 Å². The minimum absolute atomic E-state index is 0.246. The predicted octanol–water partition coefficient (Wildman–Crippen LogP) is 4.35. The van der Waals surface area contributed by atoms with Crippen LogP contribution in [-0.2, 0) is 16.1 Å². The van der Waals surface area contributed by atoms with E-state index >= 15 is 0 Å². The van der Waals surface area contributed by atoms with Gasteiger partial charge in [0.05, 0.1) is 6.61 Å². The van der Waals surface area contributed by atoms with E-state index in [4.69, 9.17) is 9.47 Å². The molecule has 3 rings (SSSR count). The number of amides is 1. The number of hydrogen-bond donors (Lipinski definition) is 1. The Labute approximate surface area is 188 Å². The highest BCUT2D eigenvalue weighted by Crippen LogP contribution is 2.22. The first-order valence-electron chi connectivity index (χ1n) is 10.4. The molecule has 0 atom stereocenters. The standard InChI is InChI=1S/C25H27N3O4/c1-4-31-21-13-11-20(12-14-21)27-24-22(10-7-15-26-24)25(30)32-17-23(29)28(3)16-19-9-6-5-8-18(19)2/h5-15H,4,16-17H2,1-3H3,(H,26,27). The van der Waals surface area contributed by atoms with Crippen molar-refractivity contribution >= 4 is 23.4 Å². The summed E-state index contributed by atoms with van der Waals surface area (Å²) in [6.45, 7) is 4.60. The zero-order chi connectivity index (χ0) is 22.9. The molecule has 1 heterocycles. The molecule has 1 N–H and O–H groups in total. The molecule has 7 nitrogen and oxygen atoms in total. The lowest BCUT2D eigenvalue weighted by atomic mass is 10.1. The van der Waals surface area contributed by atoms with Crippen LogP contribution in [0.15, 0.2) is 66.9 Å². The van der Waals surface area contributed by atoms with Gasteiger partial charge in [0.25, 0.3) is 5.91 Å². The van der Waals surface area contributed by atoms with Gasteiger partial charge in [0.2, 0.25) is 0 Å². The minimum atomic E-state index is -0.621. The van der Waals surface area contributed by atoms with E-state index in [2.05, 4.69) is 10.3 Å². The summed E-state index contributed by atoms with van der Waals surface area (Å²) < 4.78 is 10.7. The van der Waals surface area contributed by atoms with Gasteiger partial charge in [0, 0.05) is 25.5 Å². The molecule has 0 bridgehead atoms. The Balaban J connectivity index is 1.60. The van der Waals surface area contributed by atoms with Gasteiger partial charge in [-0.1, -0.05) is 24.3 Å². The molecule has 0 aliphatic heterocycles. The second-order valence-corrected chi connectivity index (χ2v) is 7.23. The van der Waals surface area contributed by atoms with Crippen molar-refractivity contribution in [1.82, 2.24) is 9.88 Å². The van der Waals surface area contributed by atoms with E-state index in [-0.39, 0.29) is 18.1 Å². The lowest BCUT2D eigenvalue weighted by molar-refractivity contribution is -0.133. The number of esters is 1. The number of hydrogen-bond acceptors (Lipinski definition) is 6. The minimum Gasteiger partial charge on any atom is -0.494 e. The molecule has 32 heavy (non-hydrogen) atoms. The van der Waals surface area contributed by atoms with Crippen LogP contribution in [0.5, 0.6) is 5.75 Å². The maximum atomic E-state index is 12.6. The first kappa shape index (κ1) is 22.8. The van der Waals surface area contributed by atoms with Crippen molar-refractivity contribution in [2.45, 2.75) is 20.4 Å². The number of carbonyl (C=O) groups excluding carboxylic acids is 2. The van der Waals surface area contributed by atoms with Crippen LogP contribution in [0.2, 0.25) is 0 Å². The Morgan fingerprint density at radius 2 is 1.78 bits per heavy atom. The third-order valence-electron chi connectivity index (χ3n) is 4.88. The number of nitrogens with one attached hydrogen (secondary N) is 1. The third kappa shape index (κ3) is 6.07. The SMILES string of the molecule is CCOc1ccc(Nc2ncccc2C(=O)OCC(=O)N(C)Cc2ccccc2C)cc1. The topological polar surface area (TPSA) is 80.8 Å². The van der Waals surface area contributed by atoms with Crippen LogP contribution in [0.1, 0.15) is 28.4 Å². The molecule has 0 aliphatic rings. The summed E-state index contributed by atoms with van der Waals surface area (Å²) in [5, 5.41) is 3.11. The van der Waals surface area contributed by atoms with Gasteiger partial charge in [0.1, 0.15) is 17.1 Å². The first-order valence-corrected chi connectivity index (χ1v) is 10.4. The molecule has 1 amide bonds. The van der Waals surface area contributed by atoms with Crippen molar-refractivity contribution in [3.8, 4) is 5.75 Å². The summed E-state index contributed by atoms with van der Waals surface area (Å²) in [5.41, 5.74) is 3.14. The van der Waals surface area contributed by atoms with Crippen LogP contribution in [0.25, 0.3) is 0 Å². The number of ether oxygens (including phenoxy) is 2. The lowest BCUT2D eigenvalue weighted by Crippen LogP contribution is -2.31. The van der Waals surface area contributed by atoms with Crippen molar-refractivity contribution in [3.05, 3.63) is 83.6 Å². The van der Waals surface area contributed by atoms with E-state index in [1.54, 1.807) is 25.4 Å². The van der Waals surface area contributed by atoms with Gasteiger partial charge in [-0.25, -0.2) is 9.78 Å². The van der Waals surface area contributed by atoms with E-state index in [0.29, 0.717) is 19.0 Å². The largest absolute Gasteiger partial charge is 0.494 e. The van der Waals surface area contributed by atoms with Crippen molar-refractivity contribution in [3.63, 3.8) is 0 Å². The number of aryl methyl sites for hydroxylation is 1. The molecule has 7 heteroatoms. The number of rotatable bonds is 9. The van der Waals surface area contributed by atoms with Crippen LogP contribution in [-0.4, -0.2) is 42.0 Å². The molecule has 1 aromatic heterocycles. The fourth-order valence-electron chi connectivity index (χ4n) is 3.05. The Morgan fingerprint density at radius 1 is 1.03 bits per heavy atom. The molecule has 166 valence electrons. The van der Waals surface area contributed by atoms with Crippen molar-refractivity contribution in [2.24, 2.45) is 0 Å². The van der Waals surface area contributed by atoms with Crippen LogP contribution in [0, 0.1) is 6.92 Å². The highest BCUT2D eigenvalue weighted by molar-refractivity contribution is 5.96. The quantitative estimate of drug-likeness (QED) is 0.506. The maximum Gasteiger partial charge on any atom is 0.342 e. The zero-order valence-corrected chi connectivity index (χ0v) is 18.5. The maximum absolute atomic E-state index is 12.6. The highest BCUT2D eigenvalue weighted by Gasteiger charge is 2.18. The summed E-state index contributed by atoms with van der Waals surface area (Å²) in [4.78, 5) is 30.9. The normalized spacial score (nSPS) is 10.3. The van der Waals surface area contributed by atoms with E-state index in [1.807, 2.05) is 62.4 Å². The highest BCUT2D eigenvalue weighted by atomic mass is 16.5. The average Bonchev–Trinajstić information content (AvgIpc) is 2.80. The smallest absolute Gasteiger partial charge is 0.342 e. The third-order valence-corrected chi connectivity index (χ3v) is 4.88. The van der Waals surface area contributed by atoms with Gasteiger partial charge in [0.15, 0.2) is 6.61 Å². The van der Waals surface area contributed by atoms with Crippen LogP contribution in [0.3, 0.4) is 0 Å². The lowest BCUT2D eigenvalue weighted by Gasteiger charge is -2.18. The van der Waals surface area contributed by atoms with E-state index in [0.717, 1.165) is 22.6 Å². The van der Waals surface area contributed by atoms with Gasteiger partial charge in [-0.05, 0) is 61.4 Å². The molecule has 0 spiro atoms. The molecule has 0 fully saturated rings. The van der Waals surface area contributed by atoms with Crippen LogP contribution >= 0.6 is 0 Å². The molecule has 0 unspecified atom stereocenters. The van der Waals surface area contributed by atoms with Gasteiger partial charge in [-0.2, -0.15) is 0 Å². The Hall–Kier alpha value is -3.87. The Bertz CT molecular complexity index is 1070. The molecule has 0 saturated heterocycles. The van der Waals surface area contributed by atoms with Gasteiger partial charge in [-0.3, -0.25) is 4.79 Å². The van der Waals surface area contributed by atoms with Crippen LogP contribution in [0.4, 0.5) is 11.5 Å². The number of likely N-dealkylation sites (N-methyl/N-ethyl adjacent to an activating group) is 1. The number of aromatic nitrogens is 1. The summed E-state index contributed by atoms with van der Waals surface area (Å²) in [6, 6.07) is 18.4. The molecular weight excluding hydrogens is 406 g/mol. The second-order valence-electron chi connectivity index (χ2n) is 7.23. The fourth-order valence-corrected chi connectivity index (χ4v) is 3.05. The average molecular weight is 434 g/mol. The number of carbonyl (C=O) groups is 2. The summed E-state index contributed by atoms with van der Waals surface area (Å²) in [6.07, 6.45) is 1.58. The predicted molar refractivity (Wildman–Crippen MR) is 123 cm³/mol. The number of benzene rings is 2. The molecular formula is C25H27N3O4. The number of pyridine rings is 1. The van der Waals surface area contributed by atoms with Crippen molar-refractivity contribution < 1.29 is 19.1 Å². The number of anilines is 2. The second kappa shape index (κ2) is 10.9. The Morgan fingerprint density at radius 3 is 2.50 bits per heavy atom. The molecule has 2 aromatic carbocycles. The summed E-state index contributed by atoms with van der Waals surface area (Å²) in [5.74, 6) is 0.199. The molecule has 0 saturated carbocycles. The molecule has 3 aromatic rings. The van der Waals surface area contributed by atoms with E-state index < -0.39 is 5.97 Å². The van der Waals surface area contributed by atoms with Crippen molar-refractivity contribution in [2.75, 3.05) is 25.6 Å². The van der Waals surface area contributed by atoms with Gasteiger partial charge >= 0.3 is 5.97 Å². The monoisotopic (exact) mass is 433 g/mol. The molecule has 0 aliphatic carbocycles. The first-order chi connectivity index (χ1) is 15.5. The van der Waals surface area contributed by atoms with Gasteiger partial charge < -0.3 is 19.7 Å². The van der Waals surface area contributed by atoms with Crippen molar-refractivity contribution in [1.29, 1.82) is 0 Å². The fraction of sp³-hybridized carbons (Fsp3) is 0.240. The van der Waals surface area contributed by atoms with Gasteiger partial charge in [-0.15, -0.1) is 0 Å². The summed E-state index contributed by atoms with van der Waals surface area (Å²) in [7, 11) is 1.69. The Kier molecular flexibility index (Phi) is 7.80. The van der Waals surface area contributed by atoms with E-state index in [9.17, 15) is 9.59 Å².